The number of thiazole rings is 1. The van der Waals surface area contributed by atoms with Crippen molar-refractivity contribution in [3.8, 4) is 0 Å². The smallest absolute Gasteiger partial charge is 0.273 e. The summed E-state index contributed by atoms with van der Waals surface area (Å²) >= 11 is 1.38. The summed E-state index contributed by atoms with van der Waals surface area (Å²) in [5.41, 5.74) is 0.435. The highest BCUT2D eigenvalue weighted by Gasteiger charge is 2.60. The molecule has 27 heavy (non-hydrogen) atoms. The van der Waals surface area contributed by atoms with Crippen LogP contribution in [-0.2, 0) is 9.59 Å². The van der Waals surface area contributed by atoms with E-state index in [9.17, 15) is 14.4 Å². The molecule has 1 atom stereocenters. The minimum atomic E-state index is -1.36. The third kappa shape index (κ3) is 2.39. The lowest BCUT2D eigenvalue weighted by Crippen LogP contribution is -2.69. The second-order valence-electron chi connectivity index (χ2n) is 6.73. The summed E-state index contributed by atoms with van der Waals surface area (Å²) in [6.45, 7) is 5.95. The Hall–Kier alpha value is -2.74. The van der Waals surface area contributed by atoms with Gasteiger partial charge in [-0.2, -0.15) is 0 Å². The van der Waals surface area contributed by atoms with Crippen LogP contribution in [0.2, 0.25) is 0 Å². The average molecular weight is 384 g/mol. The molecule has 1 aromatic heterocycles. The van der Waals surface area contributed by atoms with Crippen LogP contribution in [0.5, 0.6) is 0 Å². The summed E-state index contributed by atoms with van der Waals surface area (Å²) in [4.78, 5) is 47.7. The number of hydrogen-bond acceptors (Lipinski definition) is 5. The van der Waals surface area contributed by atoms with Crippen LogP contribution < -0.4 is 10.2 Å². The van der Waals surface area contributed by atoms with Gasteiger partial charge in [0.2, 0.25) is 11.6 Å². The van der Waals surface area contributed by atoms with E-state index in [1.807, 2.05) is 20.8 Å². The zero-order valence-corrected chi connectivity index (χ0v) is 16.2. The lowest BCUT2D eigenvalue weighted by molar-refractivity contribution is -0.128. The predicted molar refractivity (Wildman–Crippen MR) is 103 cm³/mol. The maximum absolute atomic E-state index is 13.4. The molecule has 1 saturated heterocycles. The molecule has 2 aromatic rings. The van der Waals surface area contributed by atoms with Gasteiger partial charge in [0, 0.05) is 24.3 Å². The summed E-state index contributed by atoms with van der Waals surface area (Å²) in [6.07, 6.45) is 0.469. The molecule has 2 aliphatic rings. The van der Waals surface area contributed by atoms with Gasteiger partial charge >= 0.3 is 0 Å². The largest absolute Gasteiger partial charge is 0.307 e. The first kappa shape index (κ1) is 17.7. The summed E-state index contributed by atoms with van der Waals surface area (Å²) in [5, 5.41) is 3.33. The molecular formula is C19H20N4O3S. The summed E-state index contributed by atoms with van der Waals surface area (Å²) < 4.78 is 0. The molecule has 0 saturated carbocycles. The Morgan fingerprint density at radius 1 is 1.30 bits per heavy atom. The summed E-state index contributed by atoms with van der Waals surface area (Å²) in [7, 11) is 0. The highest BCUT2D eigenvalue weighted by Crippen LogP contribution is 2.45. The molecule has 0 radical (unpaired) electrons. The van der Waals surface area contributed by atoms with Crippen molar-refractivity contribution in [1.29, 1.82) is 0 Å². The number of aromatic nitrogens is 1. The van der Waals surface area contributed by atoms with Gasteiger partial charge in [-0.1, -0.05) is 12.1 Å². The standard InChI is InChI=1S/C19H20N4O3S/c1-4-22-16(25)13-7-5-6-8-14(13)23-15(24)9-10-19(22,23)17(26)21-18-20-11(2)12(3)27-18/h5-8H,4,9-10H2,1-3H3,(H,20,21,26)/t19-/m1/s1. The lowest BCUT2D eigenvalue weighted by atomic mass is 9.95. The first-order valence-corrected chi connectivity index (χ1v) is 9.71. The minimum Gasteiger partial charge on any atom is -0.307 e. The molecule has 4 rings (SSSR count). The van der Waals surface area contributed by atoms with Gasteiger partial charge < -0.3 is 4.90 Å². The maximum atomic E-state index is 13.4. The molecule has 0 unspecified atom stereocenters. The fraction of sp³-hybridized carbons (Fsp3) is 0.368. The number of para-hydroxylation sites is 1. The van der Waals surface area contributed by atoms with Crippen LogP contribution in [0, 0.1) is 13.8 Å². The fourth-order valence-electron chi connectivity index (χ4n) is 3.93. The highest BCUT2D eigenvalue weighted by molar-refractivity contribution is 7.15. The average Bonchev–Trinajstić information content (AvgIpc) is 3.16. The van der Waals surface area contributed by atoms with E-state index in [4.69, 9.17) is 0 Å². The van der Waals surface area contributed by atoms with Gasteiger partial charge in [-0.25, -0.2) is 4.98 Å². The molecule has 0 bridgehead atoms. The number of amides is 3. The first-order chi connectivity index (χ1) is 12.9. The zero-order valence-electron chi connectivity index (χ0n) is 15.4. The maximum Gasteiger partial charge on any atom is 0.273 e. The van der Waals surface area contributed by atoms with E-state index in [0.29, 0.717) is 22.9 Å². The molecule has 0 spiro atoms. The molecule has 1 fully saturated rings. The van der Waals surface area contributed by atoms with Gasteiger partial charge in [0.1, 0.15) is 0 Å². The van der Waals surface area contributed by atoms with Gasteiger partial charge in [0.25, 0.3) is 11.8 Å². The Bertz CT molecular complexity index is 950. The van der Waals surface area contributed by atoms with Crippen LogP contribution in [0.3, 0.4) is 0 Å². The molecule has 2 aliphatic heterocycles. The number of benzene rings is 1. The number of rotatable bonds is 3. The van der Waals surface area contributed by atoms with Gasteiger partial charge in [-0.15, -0.1) is 11.3 Å². The van der Waals surface area contributed by atoms with Crippen molar-refractivity contribution in [3.05, 3.63) is 40.4 Å². The second kappa shape index (κ2) is 6.16. The number of likely N-dealkylation sites (N-methyl/N-ethyl adjacent to an activating group) is 1. The van der Waals surface area contributed by atoms with Crippen molar-refractivity contribution >= 4 is 39.9 Å². The van der Waals surface area contributed by atoms with Crippen molar-refractivity contribution in [2.45, 2.75) is 39.3 Å². The Kier molecular flexibility index (Phi) is 4.03. The molecule has 3 amide bonds. The molecule has 140 valence electrons. The number of aryl methyl sites for hydroxylation is 2. The number of anilines is 2. The van der Waals surface area contributed by atoms with Crippen molar-refractivity contribution in [3.63, 3.8) is 0 Å². The Labute approximate surface area is 161 Å². The number of nitrogens with one attached hydrogen (secondary N) is 1. The van der Waals surface area contributed by atoms with E-state index in [2.05, 4.69) is 10.3 Å². The molecule has 1 N–H and O–H groups in total. The summed E-state index contributed by atoms with van der Waals surface area (Å²) in [6, 6.07) is 6.96. The predicted octanol–water partition coefficient (Wildman–Crippen LogP) is 2.70. The third-order valence-corrected chi connectivity index (χ3v) is 6.29. The fourth-order valence-corrected chi connectivity index (χ4v) is 4.74. The van der Waals surface area contributed by atoms with Gasteiger partial charge in [0.05, 0.1) is 16.9 Å². The van der Waals surface area contributed by atoms with Crippen molar-refractivity contribution in [2.24, 2.45) is 0 Å². The Morgan fingerprint density at radius 3 is 2.70 bits per heavy atom. The quantitative estimate of drug-likeness (QED) is 0.882. The van der Waals surface area contributed by atoms with E-state index < -0.39 is 11.6 Å². The molecule has 8 heteroatoms. The van der Waals surface area contributed by atoms with Crippen LogP contribution in [0.15, 0.2) is 24.3 Å². The number of carbonyl (C=O) groups excluding carboxylic acids is 3. The normalized spacial score (nSPS) is 21.3. The van der Waals surface area contributed by atoms with Crippen molar-refractivity contribution < 1.29 is 14.4 Å². The van der Waals surface area contributed by atoms with Crippen molar-refractivity contribution in [2.75, 3.05) is 16.8 Å². The zero-order chi connectivity index (χ0) is 19.3. The molecular weight excluding hydrogens is 364 g/mol. The van der Waals surface area contributed by atoms with Crippen LogP contribution >= 0.6 is 11.3 Å². The van der Waals surface area contributed by atoms with Crippen molar-refractivity contribution in [1.82, 2.24) is 9.88 Å². The first-order valence-electron chi connectivity index (χ1n) is 8.89. The van der Waals surface area contributed by atoms with Gasteiger partial charge in [-0.3, -0.25) is 24.6 Å². The molecule has 1 aromatic carbocycles. The van der Waals surface area contributed by atoms with Crippen LogP contribution in [0.4, 0.5) is 10.8 Å². The lowest BCUT2D eigenvalue weighted by Gasteiger charge is -2.48. The van der Waals surface area contributed by atoms with Gasteiger partial charge in [-0.05, 0) is 32.9 Å². The number of nitrogens with zero attached hydrogens (tertiary/aromatic N) is 3. The third-order valence-electron chi connectivity index (χ3n) is 5.30. The SMILES string of the molecule is CCN1C(=O)c2ccccc2N2C(=O)CC[C@@]12C(=O)Nc1nc(C)c(C)s1. The van der Waals surface area contributed by atoms with E-state index >= 15 is 0 Å². The molecule has 3 heterocycles. The minimum absolute atomic E-state index is 0.157. The van der Waals surface area contributed by atoms with Crippen LogP contribution in [0.1, 0.15) is 40.7 Å². The number of fused-ring (bicyclic) bond motifs is 3. The van der Waals surface area contributed by atoms with E-state index in [1.54, 1.807) is 24.3 Å². The summed E-state index contributed by atoms with van der Waals surface area (Å²) in [5.74, 6) is -0.789. The Morgan fingerprint density at radius 2 is 2.04 bits per heavy atom. The molecule has 0 aliphatic carbocycles. The highest BCUT2D eigenvalue weighted by atomic mass is 32.1. The van der Waals surface area contributed by atoms with E-state index in [0.717, 1.165) is 10.6 Å². The van der Waals surface area contributed by atoms with Crippen LogP contribution in [0.25, 0.3) is 0 Å². The van der Waals surface area contributed by atoms with E-state index in [1.165, 1.54) is 21.1 Å². The second-order valence-corrected chi connectivity index (χ2v) is 7.93. The molecule has 7 nitrogen and oxygen atoms in total. The van der Waals surface area contributed by atoms with Gasteiger partial charge in [0.15, 0.2) is 5.13 Å². The number of hydrogen-bond donors (Lipinski definition) is 1. The van der Waals surface area contributed by atoms with E-state index in [-0.39, 0.29) is 24.7 Å². The Balaban J connectivity index is 1.83. The number of carbonyl (C=O) groups is 3. The van der Waals surface area contributed by atoms with Crippen LogP contribution in [-0.4, -0.2) is 39.8 Å². The topological polar surface area (TPSA) is 82.6 Å². The monoisotopic (exact) mass is 384 g/mol.